The summed E-state index contributed by atoms with van der Waals surface area (Å²) < 4.78 is 6.08. The first-order valence-corrected chi connectivity index (χ1v) is 9.94. The zero-order valence-corrected chi connectivity index (χ0v) is 15.2. The molecule has 4 nitrogen and oxygen atoms in total. The maximum atomic E-state index is 10.0. The first-order chi connectivity index (χ1) is 12.2. The lowest BCUT2D eigenvalue weighted by Gasteiger charge is -2.62. The molecule has 138 valence electrons. The predicted octanol–water partition coefficient (Wildman–Crippen LogP) is 5.05. The lowest BCUT2D eigenvalue weighted by molar-refractivity contribution is -0.639. The van der Waals surface area contributed by atoms with Crippen LogP contribution in [-0.4, -0.2) is 17.8 Å². The second-order valence-corrected chi connectivity index (χ2v) is 8.00. The quantitative estimate of drug-likeness (QED) is 0.775. The van der Waals surface area contributed by atoms with Gasteiger partial charge in [0, 0.05) is 12.7 Å². The average molecular weight is 346 g/mol. The van der Waals surface area contributed by atoms with Crippen LogP contribution in [0.5, 0.6) is 5.75 Å². The Kier molecular flexibility index (Phi) is 4.78. The average Bonchev–Trinajstić information content (AvgIpc) is 2.64. The third-order valence-electron chi connectivity index (χ3n) is 6.75. The van der Waals surface area contributed by atoms with Gasteiger partial charge >= 0.3 is 0 Å². The summed E-state index contributed by atoms with van der Waals surface area (Å²) in [6.45, 7) is 0. The molecule has 0 bridgehead atoms. The zero-order chi connectivity index (χ0) is 17.3. The standard InChI is InChI=1S/C21H30O4/c1-23-21(18-13-8-14-19(22)15-18)20(24-25-21,16-9-4-2-5-10-16)17-11-6-3-7-12-17/h8,13-17,22H,2-7,9-12H2,1H3. The van der Waals surface area contributed by atoms with Crippen molar-refractivity contribution in [3.63, 3.8) is 0 Å². The van der Waals surface area contributed by atoms with E-state index in [1.165, 1.54) is 64.2 Å². The van der Waals surface area contributed by atoms with Gasteiger partial charge in [0.15, 0.2) is 5.60 Å². The molecule has 1 atom stereocenters. The van der Waals surface area contributed by atoms with Crippen molar-refractivity contribution in [1.29, 1.82) is 0 Å². The van der Waals surface area contributed by atoms with E-state index in [-0.39, 0.29) is 5.75 Å². The van der Waals surface area contributed by atoms with Crippen LogP contribution in [0.1, 0.15) is 69.8 Å². The predicted molar refractivity (Wildman–Crippen MR) is 94.8 cm³/mol. The van der Waals surface area contributed by atoms with E-state index < -0.39 is 11.4 Å². The maximum absolute atomic E-state index is 10.0. The van der Waals surface area contributed by atoms with Crippen LogP contribution >= 0.6 is 0 Å². The van der Waals surface area contributed by atoms with Crippen molar-refractivity contribution in [1.82, 2.24) is 0 Å². The summed E-state index contributed by atoms with van der Waals surface area (Å²) in [5.41, 5.74) is 0.438. The summed E-state index contributed by atoms with van der Waals surface area (Å²) in [4.78, 5) is 11.9. The molecule has 1 unspecified atom stereocenters. The molecule has 1 aromatic rings. The van der Waals surface area contributed by atoms with Crippen LogP contribution in [0.2, 0.25) is 0 Å². The van der Waals surface area contributed by atoms with Gasteiger partial charge in [-0.05, 0) is 49.7 Å². The minimum absolute atomic E-state index is 0.241. The molecule has 3 aliphatic rings. The van der Waals surface area contributed by atoms with Crippen LogP contribution in [0.3, 0.4) is 0 Å². The van der Waals surface area contributed by atoms with Crippen molar-refractivity contribution in [2.24, 2.45) is 11.8 Å². The number of benzene rings is 1. The molecule has 2 saturated carbocycles. The molecule has 25 heavy (non-hydrogen) atoms. The van der Waals surface area contributed by atoms with Gasteiger partial charge in [0.1, 0.15) is 5.75 Å². The van der Waals surface area contributed by atoms with Crippen LogP contribution in [-0.2, 0) is 20.3 Å². The lowest BCUT2D eigenvalue weighted by Crippen LogP contribution is -2.72. The fourth-order valence-corrected chi connectivity index (χ4v) is 5.58. The number of hydrogen-bond acceptors (Lipinski definition) is 4. The molecule has 1 aliphatic heterocycles. The number of phenolic OH excluding ortho intramolecular Hbond substituents is 1. The fourth-order valence-electron chi connectivity index (χ4n) is 5.58. The molecule has 0 aromatic heterocycles. The lowest BCUT2D eigenvalue weighted by atomic mass is 9.60. The van der Waals surface area contributed by atoms with Gasteiger partial charge in [0.05, 0.1) is 0 Å². The molecule has 0 radical (unpaired) electrons. The Labute approximate surface area is 150 Å². The largest absolute Gasteiger partial charge is 0.508 e. The van der Waals surface area contributed by atoms with E-state index in [2.05, 4.69) is 0 Å². The molecule has 0 spiro atoms. The maximum Gasteiger partial charge on any atom is 0.260 e. The molecule has 3 fully saturated rings. The third kappa shape index (κ3) is 2.61. The monoisotopic (exact) mass is 346 g/mol. The van der Waals surface area contributed by atoms with E-state index in [4.69, 9.17) is 14.5 Å². The van der Waals surface area contributed by atoms with Crippen LogP contribution in [0.4, 0.5) is 0 Å². The van der Waals surface area contributed by atoms with E-state index in [9.17, 15) is 5.11 Å². The Hall–Kier alpha value is -1.10. The van der Waals surface area contributed by atoms with Crippen LogP contribution in [0, 0.1) is 11.8 Å². The molecule has 1 heterocycles. The van der Waals surface area contributed by atoms with Crippen molar-refractivity contribution >= 4 is 0 Å². The van der Waals surface area contributed by atoms with Crippen molar-refractivity contribution in [3.05, 3.63) is 29.8 Å². The highest BCUT2D eigenvalue weighted by Crippen LogP contribution is 2.62. The Bertz CT molecular complexity index is 567. The van der Waals surface area contributed by atoms with Gasteiger partial charge in [-0.15, -0.1) is 0 Å². The van der Waals surface area contributed by atoms with Gasteiger partial charge in [0.25, 0.3) is 5.79 Å². The molecule has 4 heteroatoms. The van der Waals surface area contributed by atoms with Gasteiger partial charge in [-0.3, -0.25) is 0 Å². The fraction of sp³-hybridized carbons (Fsp3) is 0.714. The molecule has 1 aromatic carbocycles. The second kappa shape index (κ2) is 6.90. The highest BCUT2D eigenvalue weighted by molar-refractivity contribution is 5.34. The minimum atomic E-state index is -0.907. The van der Waals surface area contributed by atoms with Crippen molar-refractivity contribution < 1.29 is 19.6 Å². The van der Waals surface area contributed by atoms with E-state index in [1.54, 1.807) is 19.2 Å². The summed E-state index contributed by atoms with van der Waals surface area (Å²) >= 11 is 0. The van der Waals surface area contributed by atoms with Crippen LogP contribution in [0.25, 0.3) is 0 Å². The van der Waals surface area contributed by atoms with Gasteiger partial charge in [-0.1, -0.05) is 50.7 Å². The highest BCUT2D eigenvalue weighted by atomic mass is 17.3. The van der Waals surface area contributed by atoms with Gasteiger partial charge in [-0.2, -0.15) is 4.89 Å². The molecular weight excluding hydrogens is 316 g/mol. The molecular formula is C21H30O4. The van der Waals surface area contributed by atoms with E-state index in [0.29, 0.717) is 11.8 Å². The minimum Gasteiger partial charge on any atom is -0.508 e. The Balaban J connectivity index is 1.78. The van der Waals surface area contributed by atoms with E-state index in [0.717, 1.165) is 5.56 Å². The molecule has 4 rings (SSSR count). The molecule has 2 aliphatic carbocycles. The summed E-state index contributed by atoms with van der Waals surface area (Å²) in [6, 6.07) is 7.31. The molecule has 0 amide bonds. The number of methoxy groups -OCH3 is 1. The van der Waals surface area contributed by atoms with Crippen LogP contribution < -0.4 is 0 Å². The smallest absolute Gasteiger partial charge is 0.260 e. The Morgan fingerprint density at radius 3 is 1.96 bits per heavy atom. The van der Waals surface area contributed by atoms with Crippen molar-refractivity contribution in [2.75, 3.05) is 7.11 Å². The molecule has 1 saturated heterocycles. The van der Waals surface area contributed by atoms with Crippen molar-refractivity contribution in [2.45, 2.75) is 75.6 Å². The number of ether oxygens (including phenoxy) is 1. The van der Waals surface area contributed by atoms with Gasteiger partial charge in [0.2, 0.25) is 0 Å². The number of hydrogen-bond donors (Lipinski definition) is 1. The Morgan fingerprint density at radius 1 is 0.920 bits per heavy atom. The normalized spacial score (nSPS) is 30.8. The topological polar surface area (TPSA) is 47.9 Å². The first kappa shape index (κ1) is 17.3. The first-order valence-electron chi connectivity index (χ1n) is 9.94. The zero-order valence-electron chi connectivity index (χ0n) is 15.2. The second-order valence-electron chi connectivity index (χ2n) is 8.00. The number of aromatic hydroxyl groups is 1. The van der Waals surface area contributed by atoms with Gasteiger partial charge < -0.3 is 9.84 Å². The number of phenols is 1. The summed E-state index contributed by atoms with van der Waals surface area (Å²) in [5, 5.41) is 10.0. The van der Waals surface area contributed by atoms with E-state index in [1.807, 2.05) is 12.1 Å². The summed E-state index contributed by atoms with van der Waals surface area (Å²) in [5.74, 6) is 0.224. The van der Waals surface area contributed by atoms with Gasteiger partial charge in [-0.25, -0.2) is 4.89 Å². The third-order valence-corrected chi connectivity index (χ3v) is 6.75. The number of rotatable bonds is 4. The summed E-state index contributed by atoms with van der Waals surface area (Å²) in [7, 11) is 1.72. The van der Waals surface area contributed by atoms with Crippen molar-refractivity contribution in [3.8, 4) is 5.75 Å². The van der Waals surface area contributed by atoms with Crippen LogP contribution in [0.15, 0.2) is 24.3 Å². The highest BCUT2D eigenvalue weighted by Gasteiger charge is 2.72. The molecule has 1 N–H and O–H groups in total. The SMILES string of the molecule is COC1(c2cccc(O)c2)OOC1(C1CCCCC1)C1CCCCC1. The van der Waals surface area contributed by atoms with E-state index >= 15 is 0 Å². The summed E-state index contributed by atoms with van der Waals surface area (Å²) in [6.07, 6.45) is 12.3. The Morgan fingerprint density at radius 2 is 1.52 bits per heavy atom.